The molecule has 1 atom stereocenters. The largest absolute Gasteiger partial charge is 0.484 e. The van der Waals surface area contributed by atoms with Gasteiger partial charge in [-0.3, -0.25) is 4.79 Å². The Balaban J connectivity index is 1.40. The number of amides is 1. The summed E-state index contributed by atoms with van der Waals surface area (Å²) >= 11 is 0. The lowest BCUT2D eigenvalue weighted by molar-refractivity contribution is -0.123. The zero-order valence-electron chi connectivity index (χ0n) is 13.1. The van der Waals surface area contributed by atoms with Crippen LogP contribution in [0.25, 0.3) is 0 Å². The third-order valence-corrected chi connectivity index (χ3v) is 3.63. The molecule has 24 heavy (non-hydrogen) atoms. The van der Waals surface area contributed by atoms with Crippen molar-refractivity contribution in [2.24, 2.45) is 0 Å². The van der Waals surface area contributed by atoms with Crippen LogP contribution in [0.1, 0.15) is 18.1 Å². The molecule has 0 saturated heterocycles. The van der Waals surface area contributed by atoms with Crippen LogP contribution < -0.4 is 19.5 Å². The molecule has 0 bridgehead atoms. The summed E-state index contributed by atoms with van der Waals surface area (Å²) in [4.78, 5) is 11.7. The van der Waals surface area contributed by atoms with E-state index in [4.69, 9.17) is 14.2 Å². The van der Waals surface area contributed by atoms with E-state index in [1.165, 1.54) is 0 Å². The van der Waals surface area contributed by atoms with Gasteiger partial charge in [0.15, 0.2) is 18.1 Å². The van der Waals surface area contributed by atoms with Crippen molar-refractivity contribution in [2.75, 3.05) is 19.9 Å². The molecule has 1 aliphatic heterocycles. The van der Waals surface area contributed by atoms with E-state index in [1.807, 2.05) is 18.2 Å². The van der Waals surface area contributed by atoms with E-state index in [0.29, 0.717) is 30.2 Å². The second-order valence-electron chi connectivity index (χ2n) is 5.37. The van der Waals surface area contributed by atoms with Crippen molar-refractivity contribution < 1.29 is 24.1 Å². The summed E-state index contributed by atoms with van der Waals surface area (Å²) < 4.78 is 15.9. The number of carbonyl (C=O) groups is 1. The number of para-hydroxylation sites is 1. The van der Waals surface area contributed by atoms with Gasteiger partial charge in [0.25, 0.3) is 5.91 Å². The summed E-state index contributed by atoms with van der Waals surface area (Å²) in [6.45, 7) is 0.503. The number of carbonyl (C=O) groups excluding carboxylic acids is 1. The van der Waals surface area contributed by atoms with Crippen molar-refractivity contribution in [3.05, 3.63) is 54.1 Å². The van der Waals surface area contributed by atoms with Crippen LogP contribution in [0.15, 0.2) is 48.5 Å². The number of ether oxygens (including phenoxy) is 3. The molecular weight excluding hydrogens is 310 g/mol. The van der Waals surface area contributed by atoms with Crippen LogP contribution in [-0.4, -0.2) is 31.0 Å². The van der Waals surface area contributed by atoms with Gasteiger partial charge in [0, 0.05) is 6.54 Å². The van der Waals surface area contributed by atoms with E-state index < -0.39 is 6.10 Å². The molecule has 0 radical (unpaired) electrons. The number of aliphatic hydroxyl groups is 1. The molecule has 0 aliphatic carbocycles. The Hall–Kier alpha value is -2.73. The molecule has 1 amide bonds. The van der Waals surface area contributed by atoms with Gasteiger partial charge in [-0.1, -0.05) is 24.3 Å². The van der Waals surface area contributed by atoms with Gasteiger partial charge in [0.05, 0.1) is 6.10 Å². The lowest BCUT2D eigenvalue weighted by atomic mass is 10.1. The summed E-state index contributed by atoms with van der Waals surface area (Å²) in [5.41, 5.74) is 0.731. The minimum atomic E-state index is -0.685. The predicted molar refractivity (Wildman–Crippen MR) is 87.1 cm³/mol. The summed E-state index contributed by atoms with van der Waals surface area (Å²) in [5.74, 6) is 1.73. The van der Waals surface area contributed by atoms with Crippen LogP contribution in [0, 0.1) is 0 Å². The Bertz CT molecular complexity index is 689. The summed E-state index contributed by atoms with van der Waals surface area (Å²) in [5, 5.41) is 12.9. The Labute approximate surface area is 140 Å². The van der Waals surface area contributed by atoms with Crippen LogP contribution in [0.3, 0.4) is 0 Å². The Kier molecular flexibility index (Phi) is 5.18. The van der Waals surface area contributed by atoms with E-state index >= 15 is 0 Å². The first-order chi connectivity index (χ1) is 11.7. The highest BCUT2D eigenvalue weighted by Crippen LogP contribution is 2.34. The molecule has 6 heteroatoms. The maximum Gasteiger partial charge on any atom is 0.257 e. The normalized spacial score (nSPS) is 13.4. The van der Waals surface area contributed by atoms with Crippen LogP contribution in [0.4, 0.5) is 0 Å². The topological polar surface area (TPSA) is 77.0 Å². The molecule has 3 rings (SSSR count). The minimum absolute atomic E-state index is 0.0515. The average molecular weight is 329 g/mol. The lowest BCUT2D eigenvalue weighted by Crippen LogP contribution is -2.30. The van der Waals surface area contributed by atoms with Gasteiger partial charge in [-0.05, 0) is 36.2 Å². The highest BCUT2D eigenvalue weighted by molar-refractivity contribution is 5.77. The highest BCUT2D eigenvalue weighted by Gasteiger charge is 2.16. The minimum Gasteiger partial charge on any atom is -0.484 e. The Morgan fingerprint density at radius 1 is 1.17 bits per heavy atom. The van der Waals surface area contributed by atoms with E-state index in [9.17, 15) is 9.90 Å². The zero-order chi connectivity index (χ0) is 16.8. The molecule has 2 aromatic rings. The number of nitrogens with one attached hydrogen (secondary N) is 1. The van der Waals surface area contributed by atoms with Crippen LogP contribution in [0.5, 0.6) is 17.2 Å². The number of hydrogen-bond donors (Lipinski definition) is 2. The smallest absolute Gasteiger partial charge is 0.257 e. The Morgan fingerprint density at radius 2 is 1.96 bits per heavy atom. The molecule has 0 saturated carbocycles. The van der Waals surface area contributed by atoms with Crippen molar-refractivity contribution >= 4 is 5.91 Å². The van der Waals surface area contributed by atoms with E-state index in [0.717, 1.165) is 5.56 Å². The number of benzene rings is 2. The number of hydrogen-bond acceptors (Lipinski definition) is 5. The Morgan fingerprint density at radius 3 is 2.79 bits per heavy atom. The average Bonchev–Trinajstić information content (AvgIpc) is 3.08. The van der Waals surface area contributed by atoms with E-state index in [1.54, 1.807) is 30.3 Å². The van der Waals surface area contributed by atoms with Crippen molar-refractivity contribution in [3.63, 3.8) is 0 Å². The highest BCUT2D eigenvalue weighted by atomic mass is 16.7. The van der Waals surface area contributed by atoms with Crippen molar-refractivity contribution in [1.29, 1.82) is 0 Å². The first-order valence-corrected chi connectivity index (χ1v) is 7.74. The standard InChI is InChI=1S/C18H19NO5/c20-15(13-6-7-16-17(10-13)24-12-23-16)8-9-19-18(21)11-22-14-4-2-1-3-5-14/h1-7,10,15,20H,8-9,11-12H2,(H,19,21). The quantitative estimate of drug-likeness (QED) is 0.813. The zero-order valence-corrected chi connectivity index (χ0v) is 13.1. The molecule has 6 nitrogen and oxygen atoms in total. The monoisotopic (exact) mass is 329 g/mol. The van der Waals surface area contributed by atoms with Gasteiger partial charge < -0.3 is 24.6 Å². The summed E-state index contributed by atoms with van der Waals surface area (Å²) in [6, 6.07) is 14.5. The van der Waals surface area contributed by atoms with Gasteiger partial charge in [-0.25, -0.2) is 0 Å². The third kappa shape index (κ3) is 4.17. The molecule has 2 aromatic carbocycles. The van der Waals surface area contributed by atoms with E-state index in [2.05, 4.69) is 5.32 Å². The van der Waals surface area contributed by atoms with Crippen molar-refractivity contribution in [2.45, 2.75) is 12.5 Å². The van der Waals surface area contributed by atoms with Gasteiger partial charge in [-0.15, -0.1) is 0 Å². The molecule has 0 spiro atoms. The SMILES string of the molecule is O=C(COc1ccccc1)NCCC(O)c1ccc2c(c1)OCO2. The van der Waals surface area contributed by atoms with Gasteiger partial charge in [0.1, 0.15) is 5.75 Å². The number of aliphatic hydroxyl groups excluding tert-OH is 1. The number of fused-ring (bicyclic) bond motifs is 1. The predicted octanol–water partition coefficient (Wildman–Crippen LogP) is 2.03. The van der Waals surface area contributed by atoms with Crippen molar-refractivity contribution in [3.8, 4) is 17.2 Å². The molecule has 0 aromatic heterocycles. The number of rotatable bonds is 7. The fraction of sp³-hybridized carbons (Fsp3) is 0.278. The second kappa shape index (κ2) is 7.70. The van der Waals surface area contributed by atoms with E-state index in [-0.39, 0.29) is 19.3 Å². The maximum atomic E-state index is 11.7. The molecule has 1 heterocycles. The molecular formula is C18H19NO5. The summed E-state index contributed by atoms with van der Waals surface area (Å²) in [6.07, 6.45) is -0.286. The van der Waals surface area contributed by atoms with Crippen LogP contribution >= 0.6 is 0 Å². The lowest BCUT2D eigenvalue weighted by Gasteiger charge is -2.12. The first-order valence-electron chi connectivity index (χ1n) is 7.74. The molecule has 2 N–H and O–H groups in total. The van der Waals surface area contributed by atoms with Gasteiger partial charge in [0.2, 0.25) is 6.79 Å². The van der Waals surface area contributed by atoms with Crippen LogP contribution in [-0.2, 0) is 4.79 Å². The fourth-order valence-electron chi connectivity index (χ4n) is 2.35. The third-order valence-electron chi connectivity index (χ3n) is 3.63. The molecule has 0 fully saturated rings. The molecule has 1 unspecified atom stereocenters. The molecule has 1 aliphatic rings. The van der Waals surface area contributed by atoms with Gasteiger partial charge >= 0.3 is 0 Å². The van der Waals surface area contributed by atoms with Gasteiger partial charge in [-0.2, -0.15) is 0 Å². The summed E-state index contributed by atoms with van der Waals surface area (Å²) in [7, 11) is 0. The fourth-order valence-corrected chi connectivity index (χ4v) is 2.35. The maximum absolute atomic E-state index is 11.7. The van der Waals surface area contributed by atoms with Crippen molar-refractivity contribution in [1.82, 2.24) is 5.32 Å². The second-order valence-corrected chi connectivity index (χ2v) is 5.37. The molecule has 126 valence electrons. The first kappa shape index (κ1) is 16.1. The van der Waals surface area contributed by atoms with Crippen LogP contribution in [0.2, 0.25) is 0 Å².